The molecule has 0 bridgehead atoms. The summed E-state index contributed by atoms with van der Waals surface area (Å²) in [4.78, 5) is 12.2. The van der Waals surface area contributed by atoms with E-state index < -0.39 is 0 Å². The highest BCUT2D eigenvalue weighted by atomic mass is 79.9. The predicted molar refractivity (Wildman–Crippen MR) is 100 cm³/mol. The molecule has 2 rings (SSSR count). The van der Waals surface area contributed by atoms with E-state index in [0.29, 0.717) is 17.4 Å². The fourth-order valence-corrected chi connectivity index (χ4v) is 2.69. The number of benzene rings is 2. The first-order valence-electron chi connectivity index (χ1n) is 7.78. The average molecular weight is 392 g/mol. The van der Waals surface area contributed by atoms with E-state index in [-0.39, 0.29) is 12.5 Å². The molecule has 0 aliphatic rings. The zero-order valence-corrected chi connectivity index (χ0v) is 15.9. The quantitative estimate of drug-likeness (QED) is 0.760. The summed E-state index contributed by atoms with van der Waals surface area (Å²) in [5, 5.41) is 2.81. The minimum atomic E-state index is -0.227. The molecule has 5 heteroatoms. The first kappa shape index (κ1) is 18.3. The molecule has 0 aromatic heterocycles. The van der Waals surface area contributed by atoms with Gasteiger partial charge in [-0.25, -0.2) is 0 Å². The largest absolute Gasteiger partial charge is 0.495 e. The molecular weight excluding hydrogens is 370 g/mol. The van der Waals surface area contributed by atoms with Gasteiger partial charge < -0.3 is 14.8 Å². The van der Waals surface area contributed by atoms with Crippen molar-refractivity contribution in [2.45, 2.75) is 26.7 Å². The lowest BCUT2D eigenvalue weighted by Crippen LogP contribution is -2.21. The Morgan fingerprint density at radius 1 is 1.21 bits per heavy atom. The lowest BCUT2D eigenvalue weighted by Gasteiger charge is -2.16. The Bertz CT molecular complexity index is 729. The molecule has 0 saturated carbocycles. The van der Waals surface area contributed by atoms with Crippen LogP contribution in [0.4, 0.5) is 5.69 Å². The van der Waals surface area contributed by atoms with Crippen LogP contribution in [0.2, 0.25) is 0 Å². The van der Waals surface area contributed by atoms with Crippen molar-refractivity contribution in [2.75, 3.05) is 19.0 Å². The van der Waals surface area contributed by atoms with Crippen LogP contribution in [0.25, 0.3) is 0 Å². The van der Waals surface area contributed by atoms with E-state index in [0.717, 1.165) is 21.3 Å². The second-order valence-corrected chi connectivity index (χ2v) is 6.69. The molecule has 0 aliphatic heterocycles. The number of hydrogen-bond acceptors (Lipinski definition) is 3. The van der Waals surface area contributed by atoms with Crippen molar-refractivity contribution in [3.63, 3.8) is 0 Å². The number of ether oxygens (including phenoxy) is 2. The number of anilines is 1. The van der Waals surface area contributed by atoms with Gasteiger partial charge in [0.05, 0.1) is 12.8 Å². The van der Waals surface area contributed by atoms with Crippen molar-refractivity contribution >= 4 is 27.5 Å². The number of rotatable bonds is 6. The number of nitrogens with one attached hydrogen (secondary N) is 1. The lowest BCUT2D eigenvalue weighted by atomic mass is 10.0. The van der Waals surface area contributed by atoms with Gasteiger partial charge in [0.25, 0.3) is 5.91 Å². The third-order valence-electron chi connectivity index (χ3n) is 3.65. The van der Waals surface area contributed by atoms with Gasteiger partial charge in [0.15, 0.2) is 6.61 Å². The number of methoxy groups -OCH3 is 1. The van der Waals surface area contributed by atoms with Gasteiger partial charge in [0.1, 0.15) is 11.5 Å². The summed E-state index contributed by atoms with van der Waals surface area (Å²) in [6, 6.07) is 11.3. The molecule has 1 amide bonds. The Kier molecular flexibility index (Phi) is 6.26. The maximum absolute atomic E-state index is 12.2. The van der Waals surface area contributed by atoms with Crippen molar-refractivity contribution in [1.82, 2.24) is 0 Å². The fourth-order valence-electron chi connectivity index (χ4n) is 2.32. The van der Waals surface area contributed by atoms with Gasteiger partial charge in [-0.05, 0) is 48.2 Å². The standard InChI is InChI=1S/C19H22BrNO3/c1-12(2)14-10-15(20)13(3)9-18(14)24-11-19(22)21-16-7-5-6-8-17(16)23-4/h5-10,12H,11H2,1-4H3,(H,21,22). The molecule has 128 valence electrons. The highest BCUT2D eigenvalue weighted by Gasteiger charge is 2.13. The Balaban J connectivity index is 2.08. The first-order valence-corrected chi connectivity index (χ1v) is 8.57. The molecule has 24 heavy (non-hydrogen) atoms. The van der Waals surface area contributed by atoms with Crippen LogP contribution >= 0.6 is 15.9 Å². The van der Waals surface area contributed by atoms with E-state index in [1.807, 2.05) is 31.2 Å². The third-order valence-corrected chi connectivity index (χ3v) is 4.51. The van der Waals surface area contributed by atoms with Gasteiger partial charge in [-0.2, -0.15) is 0 Å². The second-order valence-electron chi connectivity index (χ2n) is 5.83. The molecule has 4 nitrogen and oxygen atoms in total. The average Bonchev–Trinajstić information content (AvgIpc) is 2.55. The van der Waals surface area contributed by atoms with Gasteiger partial charge in [-0.1, -0.05) is 41.9 Å². The zero-order valence-electron chi connectivity index (χ0n) is 14.4. The molecule has 2 aromatic carbocycles. The maximum Gasteiger partial charge on any atom is 0.262 e. The maximum atomic E-state index is 12.2. The van der Waals surface area contributed by atoms with Gasteiger partial charge >= 0.3 is 0 Å². The smallest absolute Gasteiger partial charge is 0.262 e. The molecule has 0 radical (unpaired) electrons. The summed E-state index contributed by atoms with van der Waals surface area (Å²) in [5.74, 6) is 1.43. The second kappa shape index (κ2) is 8.20. The highest BCUT2D eigenvalue weighted by Crippen LogP contribution is 2.32. The van der Waals surface area contributed by atoms with Crippen molar-refractivity contribution in [2.24, 2.45) is 0 Å². The number of halogens is 1. The van der Waals surface area contributed by atoms with Crippen LogP contribution in [0.15, 0.2) is 40.9 Å². The zero-order chi connectivity index (χ0) is 17.7. The molecule has 0 aliphatic carbocycles. The van der Waals surface area contributed by atoms with E-state index >= 15 is 0 Å². The first-order chi connectivity index (χ1) is 11.4. The lowest BCUT2D eigenvalue weighted by molar-refractivity contribution is -0.118. The minimum absolute atomic E-state index is 0.0567. The van der Waals surface area contributed by atoms with Crippen LogP contribution in [-0.2, 0) is 4.79 Å². The molecular formula is C19H22BrNO3. The monoisotopic (exact) mass is 391 g/mol. The van der Waals surface area contributed by atoms with E-state index in [9.17, 15) is 4.79 Å². The summed E-state index contributed by atoms with van der Waals surface area (Å²) in [6.07, 6.45) is 0. The summed E-state index contributed by atoms with van der Waals surface area (Å²) in [5.41, 5.74) is 2.77. The molecule has 0 saturated heterocycles. The molecule has 0 atom stereocenters. The number of hydrogen-bond donors (Lipinski definition) is 1. The normalized spacial score (nSPS) is 10.6. The molecule has 0 unspecified atom stereocenters. The molecule has 0 fully saturated rings. The van der Waals surface area contributed by atoms with Gasteiger partial charge in [-0.15, -0.1) is 0 Å². The SMILES string of the molecule is COc1ccccc1NC(=O)COc1cc(C)c(Br)cc1C(C)C. The van der Waals surface area contributed by atoms with Gasteiger partial charge in [0.2, 0.25) is 0 Å². The third kappa shape index (κ3) is 4.51. The van der Waals surface area contributed by atoms with Crippen molar-refractivity contribution in [3.8, 4) is 11.5 Å². The predicted octanol–water partition coefficient (Wildman–Crippen LogP) is 4.91. The van der Waals surface area contributed by atoms with Crippen LogP contribution in [0.3, 0.4) is 0 Å². The summed E-state index contributed by atoms with van der Waals surface area (Å²) in [7, 11) is 1.57. The van der Waals surface area contributed by atoms with Crippen LogP contribution in [-0.4, -0.2) is 19.6 Å². The van der Waals surface area contributed by atoms with E-state index in [2.05, 4.69) is 35.1 Å². The van der Waals surface area contributed by atoms with Gasteiger partial charge in [0, 0.05) is 4.47 Å². The number of carbonyl (C=O) groups excluding carboxylic acids is 1. The van der Waals surface area contributed by atoms with Crippen LogP contribution in [0.5, 0.6) is 11.5 Å². The van der Waals surface area contributed by atoms with Crippen molar-refractivity contribution < 1.29 is 14.3 Å². The summed E-state index contributed by atoms with van der Waals surface area (Å²) >= 11 is 3.54. The fraction of sp³-hybridized carbons (Fsp3) is 0.316. The van der Waals surface area contributed by atoms with Crippen LogP contribution in [0.1, 0.15) is 30.9 Å². The summed E-state index contributed by atoms with van der Waals surface area (Å²) < 4.78 is 12.0. The van der Waals surface area contributed by atoms with Crippen LogP contribution < -0.4 is 14.8 Å². The Hall–Kier alpha value is -2.01. The molecule has 0 spiro atoms. The van der Waals surface area contributed by atoms with Crippen molar-refractivity contribution in [1.29, 1.82) is 0 Å². The number of amides is 1. The number of aryl methyl sites for hydroxylation is 1. The van der Waals surface area contributed by atoms with Gasteiger partial charge in [-0.3, -0.25) is 4.79 Å². The van der Waals surface area contributed by atoms with Crippen molar-refractivity contribution in [3.05, 3.63) is 52.0 Å². The molecule has 1 N–H and O–H groups in total. The van der Waals surface area contributed by atoms with E-state index in [1.54, 1.807) is 19.2 Å². The van der Waals surface area contributed by atoms with Crippen LogP contribution in [0, 0.1) is 6.92 Å². The Morgan fingerprint density at radius 2 is 1.92 bits per heavy atom. The molecule has 2 aromatic rings. The highest BCUT2D eigenvalue weighted by molar-refractivity contribution is 9.10. The van der Waals surface area contributed by atoms with E-state index in [4.69, 9.17) is 9.47 Å². The number of para-hydroxylation sites is 2. The van der Waals surface area contributed by atoms with E-state index in [1.165, 1.54) is 0 Å². The summed E-state index contributed by atoms with van der Waals surface area (Å²) in [6.45, 7) is 6.13. The Labute approximate surface area is 151 Å². The minimum Gasteiger partial charge on any atom is -0.495 e. The molecule has 0 heterocycles. The number of carbonyl (C=O) groups is 1. The Morgan fingerprint density at radius 3 is 2.58 bits per heavy atom. The topological polar surface area (TPSA) is 47.6 Å².